The minimum Gasteiger partial charge on any atom is -0.461 e. The Morgan fingerprint density at radius 2 is 1.85 bits per heavy atom. The first-order valence-electron chi connectivity index (χ1n) is 8.76. The largest absolute Gasteiger partial charge is 0.461 e. The van der Waals surface area contributed by atoms with Crippen LogP contribution in [0.15, 0.2) is 30.3 Å². The van der Waals surface area contributed by atoms with Crippen LogP contribution < -0.4 is 10.6 Å². The Labute approximate surface area is 155 Å². The first-order valence-corrected chi connectivity index (χ1v) is 8.76. The molecule has 2 atom stereocenters. The van der Waals surface area contributed by atoms with E-state index in [1.807, 2.05) is 30.3 Å². The fraction of sp³-hybridized carbons (Fsp3) is 0.579. The summed E-state index contributed by atoms with van der Waals surface area (Å²) in [5, 5.41) is 15.1. The molecule has 1 aromatic rings. The number of nitrogens with one attached hydrogen (secondary N) is 2. The van der Waals surface area contributed by atoms with E-state index in [1.54, 1.807) is 27.7 Å². The second-order valence-electron chi connectivity index (χ2n) is 7.14. The number of ether oxygens (including phenoxy) is 2. The third-order valence-electron chi connectivity index (χ3n) is 3.23. The van der Waals surface area contributed by atoms with E-state index < -0.39 is 24.0 Å². The highest BCUT2D eigenvalue weighted by Gasteiger charge is 2.20. The number of carbonyl (C=O) groups is 2. The minimum absolute atomic E-state index is 0.125. The molecule has 0 saturated heterocycles. The van der Waals surface area contributed by atoms with Crippen molar-refractivity contribution in [3.63, 3.8) is 0 Å². The molecule has 0 radical (unpaired) electrons. The summed E-state index contributed by atoms with van der Waals surface area (Å²) in [6, 6.07) is 9.41. The lowest BCUT2D eigenvalue weighted by Crippen LogP contribution is -2.49. The Morgan fingerprint density at radius 1 is 1.19 bits per heavy atom. The van der Waals surface area contributed by atoms with E-state index in [4.69, 9.17) is 9.47 Å². The van der Waals surface area contributed by atoms with Crippen LogP contribution in [0, 0.1) is 0 Å². The minimum atomic E-state index is -0.618. The van der Waals surface area contributed by atoms with Crippen molar-refractivity contribution < 1.29 is 24.2 Å². The SMILES string of the molecule is CC(O)CNC(CCC(=O)OCc1ccccc1)NC(=O)OC(C)(C)C. The monoisotopic (exact) mass is 366 g/mol. The molecule has 7 nitrogen and oxygen atoms in total. The quantitative estimate of drug-likeness (QED) is 0.458. The van der Waals surface area contributed by atoms with Crippen molar-refractivity contribution in [2.45, 2.75) is 65.0 Å². The number of esters is 1. The van der Waals surface area contributed by atoms with Gasteiger partial charge in [-0.05, 0) is 39.7 Å². The number of carbonyl (C=O) groups excluding carboxylic acids is 2. The molecule has 0 aliphatic carbocycles. The van der Waals surface area contributed by atoms with Crippen molar-refractivity contribution in [2.24, 2.45) is 0 Å². The smallest absolute Gasteiger partial charge is 0.408 e. The van der Waals surface area contributed by atoms with Crippen LogP contribution in [0.3, 0.4) is 0 Å². The van der Waals surface area contributed by atoms with Crippen LogP contribution >= 0.6 is 0 Å². The van der Waals surface area contributed by atoms with Crippen LogP contribution in [0.4, 0.5) is 4.79 Å². The Balaban J connectivity index is 2.45. The van der Waals surface area contributed by atoms with Crippen molar-refractivity contribution in [1.82, 2.24) is 10.6 Å². The average Bonchev–Trinajstić information content (AvgIpc) is 2.54. The third-order valence-corrected chi connectivity index (χ3v) is 3.23. The van der Waals surface area contributed by atoms with Crippen molar-refractivity contribution in [1.29, 1.82) is 0 Å². The molecule has 1 rings (SSSR count). The molecule has 0 heterocycles. The maximum absolute atomic E-state index is 11.9. The first-order chi connectivity index (χ1) is 12.2. The molecule has 0 aliphatic rings. The molecule has 0 saturated carbocycles. The molecule has 3 N–H and O–H groups in total. The van der Waals surface area contributed by atoms with Crippen LogP contribution in [-0.2, 0) is 20.9 Å². The molecule has 0 spiro atoms. The molecule has 0 aromatic heterocycles. The summed E-state index contributed by atoms with van der Waals surface area (Å²) >= 11 is 0. The number of benzene rings is 1. The number of aliphatic hydroxyl groups is 1. The Kier molecular flexibility index (Phi) is 9.09. The van der Waals surface area contributed by atoms with Gasteiger partial charge in [0.05, 0.1) is 12.3 Å². The van der Waals surface area contributed by atoms with Gasteiger partial charge in [-0.3, -0.25) is 10.1 Å². The number of amides is 1. The molecule has 0 fully saturated rings. The summed E-state index contributed by atoms with van der Waals surface area (Å²) in [7, 11) is 0. The molecule has 2 unspecified atom stereocenters. The number of rotatable bonds is 9. The summed E-state index contributed by atoms with van der Waals surface area (Å²) in [6.45, 7) is 7.43. The maximum atomic E-state index is 11.9. The molecule has 26 heavy (non-hydrogen) atoms. The summed E-state index contributed by atoms with van der Waals surface area (Å²) in [6.07, 6.45) is -1.23. The number of alkyl carbamates (subject to hydrolysis) is 1. The topological polar surface area (TPSA) is 96.9 Å². The lowest BCUT2D eigenvalue weighted by Gasteiger charge is -2.24. The van der Waals surface area contributed by atoms with E-state index >= 15 is 0 Å². The highest BCUT2D eigenvalue weighted by Crippen LogP contribution is 2.08. The molecule has 146 valence electrons. The van der Waals surface area contributed by atoms with Gasteiger partial charge in [0.2, 0.25) is 0 Å². The van der Waals surface area contributed by atoms with Crippen LogP contribution in [0.2, 0.25) is 0 Å². The summed E-state index contributed by atoms with van der Waals surface area (Å²) in [5.74, 6) is -0.358. The molecule has 1 amide bonds. The Morgan fingerprint density at radius 3 is 2.42 bits per heavy atom. The zero-order chi connectivity index (χ0) is 19.6. The first kappa shape index (κ1) is 21.9. The van der Waals surface area contributed by atoms with Crippen molar-refractivity contribution in [2.75, 3.05) is 6.54 Å². The van der Waals surface area contributed by atoms with Gasteiger partial charge >= 0.3 is 12.1 Å². The maximum Gasteiger partial charge on any atom is 0.408 e. The number of aliphatic hydroxyl groups excluding tert-OH is 1. The normalized spacial score (nSPS) is 13.6. The van der Waals surface area contributed by atoms with E-state index in [-0.39, 0.29) is 25.5 Å². The van der Waals surface area contributed by atoms with Crippen LogP contribution in [0.1, 0.15) is 46.1 Å². The Bertz CT molecular complexity index is 555. The molecule has 1 aromatic carbocycles. The molecule has 0 aliphatic heterocycles. The molecule has 0 bridgehead atoms. The summed E-state index contributed by atoms with van der Waals surface area (Å²) in [4.78, 5) is 23.8. The zero-order valence-electron chi connectivity index (χ0n) is 16.0. The summed E-state index contributed by atoms with van der Waals surface area (Å²) < 4.78 is 10.4. The number of hydrogen-bond acceptors (Lipinski definition) is 6. The van der Waals surface area contributed by atoms with Gasteiger partial charge in [0.15, 0.2) is 0 Å². The van der Waals surface area contributed by atoms with Gasteiger partial charge in [-0.15, -0.1) is 0 Å². The van der Waals surface area contributed by atoms with Crippen molar-refractivity contribution in [3.05, 3.63) is 35.9 Å². The average molecular weight is 366 g/mol. The van der Waals surface area contributed by atoms with Gasteiger partial charge in [0.25, 0.3) is 0 Å². The van der Waals surface area contributed by atoms with Gasteiger partial charge in [-0.1, -0.05) is 30.3 Å². The van der Waals surface area contributed by atoms with Crippen molar-refractivity contribution in [3.8, 4) is 0 Å². The van der Waals surface area contributed by atoms with Crippen LogP contribution in [-0.4, -0.2) is 41.6 Å². The summed E-state index contributed by atoms with van der Waals surface area (Å²) in [5.41, 5.74) is 0.296. The lowest BCUT2D eigenvalue weighted by atomic mass is 10.2. The zero-order valence-corrected chi connectivity index (χ0v) is 16.0. The molecular weight excluding hydrogens is 336 g/mol. The van der Waals surface area contributed by atoms with Crippen molar-refractivity contribution >= 4 is 12.1 Å². The molecule has 7 heteroatoms. The molecular formula is C19H30N2O5. The number of hydrogen-bond donors (Lipinski definition) is 3. The van der Waals surface area contributed by atoms with Gasteiger partial charge < -0.3 is 19.9 Å². The van der Waals surface area contributed by atoms with Crippen LogP contribution in [0.5, 0.6) is 0 Å². The lowest BCUT2D eigenvalue weighted by molar-refractivity contribution is -0.145. The second kappa shape index (κ2) is 10.8. The fourth-order valence-corrected chi connectivity index (χ4v) is 2.06. The van der Waals surface area contributed by atoms with Gasteiger partial charge in [-0.2, -0.15) is 0 Å². The van der Waals surface area contributed by atoms with E-state index in [9.17, 15) is 14.7 Å². The van der Waals surface area contributed by atoms with E-state index in [2.05, 4.69) is 10.6 Å². The van der Waals surface area contributed by atoms with Gasteiger partial charge in [0.1, 0.15) is 12.2 Å². The third kappa shape index (κ3) is 10.7. The Hall–Kier alpha value is -2.12. The van der Waals surface area contributed by atoms with E-state index in [0.717, 1.165) is 5.56 Å². The standard InChI is InChI=1S/C19H30N2O5/c1-14(22)12-20-16(21-18(24)26-19(2,3)4)10-11-17(23)25-13-15-8-6-5-7-9-15/h5-9,14,16,20,22H,10-13H2,1-4H3,(H,21,24). The van der Waals surface area contributed by atoms with E-state index in [1.165, 1.54) is 0 Å². The highest BCUT2D eigenvalue weighted by atomic mass is 16.6. The van der Waals surface area contributed by atoms with Gasteiger partial charge in [-0.25, -0.2) is 4.79 Å². The predicted octanol–water partition coefficient (Wildman–Crippen LogP) is 2.33. The predicted molar refractivity (Wildman–Crippen MR) is 98.3 cm³/mol. The van der Waals surface area contributed by atoms with Gasteiger partial charge in [0, 0.05) is 13.0 Å². The second-order valence-corrected chi connectivity index (χ2v) is 7.14. The van der Waals surface area contributed by atoms with Crippen LogP contribution in [0.25, 0.3) is 0 Å². The highest BCUT2D eigenvalue weighted by molar-refractivity contribution is 5.70. The van der Waals surface area contributed by atoms with E-state index in [0.29, 0.717) is 6.42 Å². The fourth-order valence-electron chi connectivity index (χ4n) is 2.06.